The lowest BCUT2D eigenvalue weighted by atomic mass is 10.2. The van der Waals surface area contributed by atoms with Gasteiger partial charge in [0.1, 0.15) is 0 Å². The third kappa shape index (κ3) is 14.7. The topological polar surface area (TPSA) is 26.3 Å². The maximum Gasteiger partial charge on any atom is 0.302 e. The van der Waals surface area contributed by atoms with Crippen molar-refractivity contribution in [1.82, 2.24) is 0 Å². The first-order valence-electron chi connectivity index (χ1n) is 6.35. The molecule has 0 aromatic heterocycles. The fourth-order valence-corrected chi connectivity index (χ4v) is 1.24. The van der Waals surface area contributed by atoms with Crippen molar-refractivity contribution in [2.24, 2.45) is 0 Å². The predicted octanol–water partition coefficient (Wildman–Crippen LogP) is 4.19. The van der Waals surface area contributed by atoms with Crippen LogP contribution in [-0.2, 0) is 9.53 Å². The van der Waals surface area contributed by atoms with Crippen LogP contribution in [-0.4, -0.2) is 12.6 Å². The van der Waals surface area contributed by atoms with Gasteiger partial charge in [-0.3, -0.25) is 4.79 Å². The van der Waals surface area contributed by atoms with Gasteiger partial charge in [-0.1, -0.05) is 43.4 Å². The molecule has 0 rings (SSSR count). The van der Waals surface area contributed by atoms with Crippen molar-refractivity contribution >= 4 is 5.97 Å². The molecule has 0 heterocycles. The summed E-state index contributed by atoms with van der Waals surface area (Å²) in [5.74, 6) is -0.197. The highest BCUT2D eigenvalue weighted by molar-refractivity contribution is 5.65. The molecule has 0 spiro atoms. The number of carbonyl (C=O) groups excluding carboxylic acids is 1. The Bertz CT molecular complexity index is 262. The fraction of sp³-hybridized carbons (Fsp3) is 0.533. The van der Waals surface area contributed by atoms with Crippen molar-refractivity contribution < 1.29 is 9.53 Å². The fourth-order valence-electron chi connectivity index (χ4n) is 1.24. The van der Waals surface area contributed by atoms with Crippen molar-refractivity contribution in [3.63, 3.8) is 0 Å². The van der Waals surface area contributed by atoms with Crippen LogP contribution >= 0.6 is 0 Å². The molecular formula is C15H24O2. The molecule has 0 bridgehead atoms. The molecule has 0 aromatic rings. The van der Waals surface area contributed by atoms with Crippen molar-refractivity contribution in [2.45, 2.75) is 46.0 Å². The minimum absolute atomic E-state index is 0.197. The van der Waals surface area contributed by atoms with Crippen LogP contribution in [0.15, 0.2) is 36.5 Å². The third-order valence-electron chi connectivity index (χ3n) is 2.10. The number of hydrogen-bond donors (Lipinski definition) is 0. The van der Waals surface area contributed by atoms with Gasteiger partial charge in [-0.05, 0) is 32.1 Å². The van der Waals surface area contributed by atoms with Gasteiger partial charge >= 0.3 is 5.97 Å². The van der Waals surface area contributed by atoms with Gasteiger partial charge in [0.2, 0.25) is 0 Å². The van der Waals surface area contributed by atoms with Crippen molar-refractivity contribution in [3.05, 3.63) is 36.5 Å². The van der Waals surface area contributed by atoms with Crippen LogP contribution in [0.2, 0.25) is 0 Å². The minimum atomic E-state index is -0.197. The lowest BCUT2D eigenvalue weighted by Crippen LogP contribution is -1.99. The smallest absolute Gasteiger partial charge is 0.302 e. The van der Waals surface area contributed by atoms with E-state index in [0.717, 1.165) is 32.1 Å². The lowest BCUT2D eigenvalue weighted by Gasteiger charge is -1.97. The molecule has 17 heavy (non-hydrogen) atoms. The molecule has 0 unspecified atom stereocenters. The van der Waals surface area contributed by atoms with E-state index in [4.69, 9.17) is 4.74 Å². The quantitative estimate of drug-likeness (QED) is 0.341. The second-order valence-corrected chi connectivity index (χ2v) is 3.78. The van der Waals surface area contributed by atoms with Crippen LogP contribution in [0.5, 0.6) is 0 Å². The number of carbonyl (C=O) groups is 1. The highest BCUT2D eigenvalue weighted by Gasteiger charge is 1.89. The van der Waals surface area contributed by atoms with Crippen molar-refractivity contribution in [1.29, 1.82) is 0 Å². The van der Waals surface area contributed by atoms with E-state index >= 15 is 0 Å². The zero-order valence-electron chi connectivity index (χ0n) is 11.0. The maximum atomic E-state index is 10.5. The summed E-state index contributed by atoms with van der Waals surface area (Å²) < 4.78 is 4.83. The normalized spacial score (nSPS) is 11.9. The summed E-state index contributed by atoms with van der Waals surface area (Å²) >= 11 is 0. The predicted molar refractivity (Wildman–Crippen MR) is 72.8 cm³/mol. The van der Waals surface area contributed by atoms with Gasteiger partial charge in [0, 0.05) is 6.92 Å². The van der Waals surface area contributed by atoms with Crippen molar-refractivity contribution in [2.75, 3.05) is 6.61 Å². The number of esters is 1. The molecule has 96 valence electrons. The third-order valence-corrected chi connectivity index (χ3v) is 2.10. The summed E-state index contributed by atoms with van der Waals surface area (Å²) in [6, 6.07) is 0. The Labute approximate surface area is 105 Å². The Hall–Kier alpha value is -1.31. The van der Waals surface area contributed by atoms with E-state index in [-0.39, 0.29) is 5.97 Å². The molecule has 0 saturated heterocycles. The van der Waals surface area contributed by atoms with E-state index in [9.17, 15) is 4.79 Å². The average molecular weight is 236 g/mol. The standard InChI is InChI=1S/C15H24O2/c1-3-4-5-6-7-8-9-10-11-12-13-14-17-15(2)16/h4-5,7-8,10-11H,3,6,9,12-14H2,1-2H3/b5-4+,8-7-,11-10-. The Balaban J connectivity index is 3.30. The van der Waals surface area contributed by atoms with Crippen molar-refractivity contribution in [3.8, 4) is 0 Å². The molecule has 2 nitrogen and oxygen atoms in total. The summed E-state index contributed by atoms with van der Waals surface area (Å²) in [4.78, 5) is 10.5. The van der Waals surface area contributed by atoms with Crippen LogP contribution in [0, 0.1) is 0 Å². The van der Waals surface area contributed by atoms with E-state index in [2.05, 4.69) is 43.4 Å². The summed E-state index contributed by atoms with van der Waals surface area (Å²) in [6.07, 6.45) is 18.0. The number of allylic oxidation sites excluding steroid dienone is 6. The minimum Gasteiger partial charge on any atom is -0.466 e. The van der Waals surface area contributed by atoms with E-state index in [0.29, 0.717) is 6.61 Å². The second-order valence-electron chi connectivity index (χ2n) is 3.78. The summed E-state index contributed by atoms with van der Waals surface area (Å²) in [7, 11) is 0. The molecule has 0 saturated carbocycles. The van der Waals surface area contributed by atoms with Gasteiger partial charge in [0.15, 0.2) is 0 Å². The maximum absolute atomic E-state index is 10.5. The Morgan fingerprint density at radius 2 is 1.59 bits per heavy atom. The highest BCUT2D eigenvalue weighted by atomic mass is 16.5. The molecule has 0 amide bonds. The summed E-state index contributed by atoms with van der Waals surface area (Å²) in [5.41, 5.74) is 0. The second kappa shape index (κ2) is 12.8. The zero-order valence-corrected chi connectivity index (χ0v) is 11.0. The molecule has 2 heteroatoms. The molecule has 0 aromatic carbocycles. The van der Waals surface area contributed by atoms with Crippen LogP contribution in [0.4, 0.5) is 0 Å². The monoisotopic (exact) mass is 236 g/mol. The average Bonchev–Trinajstić information content (AvgIpc) is 2.30. The summed E-state index contributed by atoms with van der Waals surface area (Å²) in [5, 5.41) is 0. The van der Waals surface area contributed by atoms with Gasteiger partial charge in [-0.25, -0.2) is 0 Å². The van der Waals surface area contributed by atoms with Gasteiger partial charge in [-0.15, -0.1) is 0 Å². The van der Waals surface area contributed by atoms with E-state index in [1.807, 2.05) is 0 Å². The largest absolute Gasteiger partial charge is 0.466 e. The molecular weight excluding hydrogens is 212 g/mol. The molecule has 0 aliphatic carbocycles. The Morgan fingerprint density at radius 3 is 2.18 bits per heavy atom. The van der Waals surface area contributed by atoms with E-state index < -0.39 is 0 Å². The first-order valence-corrected chi connectivity index (χ1v) is 6.35. The molecule has 0 fully saturated rings. The van der Waals surface area contributed by atoms with Crippen LogP contribution < -0.4 is 0 Å². The van der Waals surface area contributed by atoms with Gasteiger partial charge in [-0.2, -0.15) is 0 Å². The first-order chi connectivity index (χ1) is 8.27. The highest BCUT2D eigenvalue weighted by Crippen LogP contribution is 1.96. The molecule has 0 radical (unpaired) electrons. The molecule has 0 aliphatic rings. The summed E-state index contributed by atoms with van der Waals surface area (Å²) in [6.45, 7) is 4.10. The van der Waals surface area contributed by atoms with E-state index in [1.54, 1.807) is 0 Å². The first kappa shape index (κ1) is 15.7. The number of ether oxygens (including phenoxy) is 1. The van der Waals surface area contributed by atoms with Crippen LogP contribution in [0.25, 0.3) is 0 Å². The molecule has 0 atom stereocenters. The lowest BCUT2D eigenvalue weighted by molar-refractivity contribution is -0.141. The van der Waals surface area contributed by atoms with Gasteiger partial charge in [0.25, 0.3) is 0 Å². The van der Waals surface area contributed by atoms with Gasteiger partial charge < -0.3 is 4.74 Å². The number of unbranched alkanes of at least 4 members (excludes halogenated alkanes) is 1. The Kier molecular flexibility index (Phi) is 11.8. The zero-order chi connectivity index (χ0) is 12.8. The molecule has 0 aliphatic heterocycles. The van der Waals surface area contributed by atoms with E-state index in [1.165, 1.54) is 6.92 Å². The molecule has 0 N–H and O–H groups in total. The van der Waals surface area contributed by atoms with Gasteiger partial charge in [0.05, 0.1) is 6.61 Å². The van der Waals surface area contributed by atoms with Crippen LogP contribution in [0.1, 0.15) is 46.0 Å². The Morgan fingerprint density at radius 1 is 1.00 bits per heavy atom. The van der Waals surface area contributed by atoms with Crippen LogP contribution in [0.3, 0.4) is 0 Å². The number of hydrogen-bond acceptors (Lipinski definition) is 2. The number of rotatable bonds is 9. The SMILES string of the molecule is CC/C=C/C/C=C\C/C=C\CCCOC(C)=O.